The van der Waals surface area contributed by atoms with Crippen molar-refractivity contribution >= 4 is 17.7 Å². The number of fused-ring (bicyclic) bond motifs is 3. The van der Waals surface area contributed by atoms with Crippen molar-refractivity contribution in [1.82, 2.24) is 0 Å². The maximum absolute atomic E-state index is 12.1. The molecule has 0 amide bonds. The van der Waals surface area contributed by atoms with Gasteiger partial charge < -0.3 is 10.2 Å². The lowest BCUT2D eigenvalue weighted by atomic mass is 9.44. The van der Waals surface area contributed by atoms with Crippen LogP contribution in [-0.2, 0) is 14.4 Å². The molecule has 3 fully saturated rings. The minimum absolute atomic E-state index is 0.0288. The third-order valence-electron chi connectivity index (χ3n) is 7.73. The van der Waals surface area contributed by atoms with E-state index in [9.17, 15) is 24.6 Å². The van der Waals surface area contributed by atoms with Gasteiger partial charge in [-0.25, -0.2) is 0 Å². The summed E-state index contributed by atoms with van der Waals surface area (Å²) in [7, 11) is 0. The molecule has 3 aliphatic carbocycles. The van der Waals surface area contributed by atoms with E-state index >= 15 is 0 Å². The molecule has 0 bridgehead atoms. The quantitative estimate of drug-likeness (QED) is 0.808. The summed E-state index contributed by atoms with van der Waals surface area (Å²) in [5.74, 6) is -2.01. The number of rotatable bonds is 2. The summed E-state index contributed by atoms with van der Waals surface area (Å²) in [5.41, 5.74) is -1.23. The molecule has 5 nitrogen and oxygen atoms in total. The van der Waals surface area contributed by atoms with Gasteiger partial charge in [0.05, 0.1) is 11.3 Å². The van der Waals surface area contributed by atoms with Crippen LogP contribution in [0.1, 0.15) is 59.3 Å². The smallest absolute Gasteiger partial charge is 0.310 e. The van der Waals surface area contributed by atoms with Gasteiger partial charge in [0.15, 0.2) is 0 Å². The van der Waals surface area contributed by atoms with Gasteiger partial charge in [-0.2, -0.15) is 0 Å². The molecule has 7 atom stereocenters. The number of Topliss-reactive ketones (excluding diaryl/α,β-unsaturated/α-hetero) is 1. The second-order valence-electron chi connectivity index (χ2n) is 8.90. The highest BCUT2D eigenvalue weighted by Crippen LogP contribution is 2.63. The molecule has 0 heterocycles. The van der Waals surface area contributed by atoms with Crippen LogP contribution in [0.3, 0.4) is 0 Å². The summed E-state index contributed by atoms with van der Waals surface area (Å²) >= 11 is 0. The van der Waals surface area contributed by atoms with Crippen LogP contribution in [0.4, 0.5) is 0 Å². The number of carboxylic acids is 2. The molecule has 5 heteroatoms. The Morgan fingerprint density at radius 3 is 2.38 bits per heavy atom. The summed E-state index contributed by atoms with van der Waals surface area (Å²) in [6.07, 6.45) is 4.15. The normalized spacial score (nSPS) is 48.3. The maximum Gasteiger partial charge on any atom is 0.310 e. The van der Waals surface area contributed by atoms with Crippen molar-refractivity contribution in [2.24, 2.45) is 40.4 Å². The molecule has 0 spiro atoms. The Morgan fingerprint density at radius 2 is 1.79 bits per heavy atom. The summed E-state index contributed by atoms with van der Waals surface area (Å²) in [4.78, 5) is 36.0. The van der Waals surface area contributed by atoms with Crippen LogP contribution in [0.5, 0.6) is 0 Å². The second-order valence-corrected chi connectivity index (χ2v) is 8.90. The van der Waals surface area contributed by atoms with Crippen LogP contribution >= 0.6 is 0 Å². The predicted molar refractivity (Wildman–Crippen MR) is 87.3 cm³/mol. The van der Waals surface area contributed by atoms with Gasteiger partial charge in [-0.15, -0.1) is 0 Å². The van der Waals surface area contributed by atoms with Gasteiger partial charge in [0.25, 0.3) is 0 Å². The zero-order valence-electron chi connectivity index (χ0n) is 14.7. The Bertz CT molecular complexity index is 584. The SMILES string of the molecule is CC1CC2(C)C(CCC3C(C(=O)O)C(C)(C(=O)O)CCC32)CC1=O. The molecule has 24 heavy (non-hydrogen) atoms. The number of ketones is 1. The van der Waals surface area contributed by atoms with Crippen molar-refractivity contribution in [2.75, 3.05) is 0 Å². The molecule has 3 aliphatic rings. The minimum atomic E-state index is -1.19. The summed E-state index contributed by atoms with van der Waals surface area (Å²) in [6.45, 7) is 5.80. The van der Waals surface area contributed by atoms with Crippen molar-refractivity contribution < 1.29 is 24.6 Å². The number of hydrogen-bond donors (Lipinski definition) is 2. The fraction of sp³-hybridized carbons (Fsp3) is 0.842. The van der Waals surface area contributed by atoms with Crippen LogP contribution in [-0.4, -0.2) is 27.9 Å². The number of carbonyl (C=O) groups excluding carboxylic acids is 1. The minimum Gasteiger partial charge on any atom is -0.481 e. The first kappa shape index (κ1) is 17.4. The van der Waals surface area contributed by atoms with Crippen LogP contribution in [0, 0.1) is 40.4 Å². The third-order valence-corrected chi connectivity index (χ3v) is 7.73. The Hall–Kier alpha value is -1.39. The van der Waals surface area contributed by atoms with Crippen molar-refractivity contribution in [1.29, 1.82) is 0 Å². The summed E-state index contributed by atoms with van der Waals surface area (Å²) in [5, 5.41) is 19.5. The van der Waals surface area contributed by atoms with Crippen LogP contribution in [0.15, 0.2) is 0 Å². The predicted octanol–water partition coefficient (Wildman–Crippen LogP) is 3.22. The first-order valence-corrected chi connectivity index (χ1v) is 9.10. The Kier molecular flexibility index (Phi) is 4.04. The molecule has 0 aromatic carbocycles. The molecule has 0 saturated heterocycles. The molecule has 3 saturated carbocycles. The van der Waals surface area contributed by atoms with Gasteiger partial charge >= 0.3 is 11.9 Å². The van der Waals surface area contributed by atoms with E-state index in [2.05, 4.69) is 6.92 Å². The third kappa shape index (κ3) is 2.31. The average Bonchev–Trinajstić information content (AvgIpc) is 2.48. The molecule has 0 radical (unpaired) electrons. The second kappa shape index (κ2) is 5.57. The standard InChI is InChI=1S/C19H28O5/c1-10-9-19(3)11(8-14(10)20)4-5-12-13(19)6-7-18(2,17(23)24)15(12)16(21)22/h10-13,15H,4-9H2,1-3H3,(H,21,22)(H,23,24). The number of carbonyl (C=O) groups is 3. The van der Waals surface area contributed by atoms with E-state index in [1.54, 1.807) is 6.92 Å². The first-order valence-electron chi connectivity index (χ1n) is 9.10. The van der Waals surface area contributed by atoms with Crippen LogP contribution < -0.4 is 0 Å². The van der Waals surface area contributed by atoms with Crippen molar-refractivity contribution in [3.05, 3.63) is 0 Å². The van der Waals surface area contributed by atoms with Gasteiger partial charge in [-0.1, -0.05) is 13.8 Å². The van der Waals surface area contributed by atoms with E-state index in [1.165, 1.54) is 0 Å². The molecule has 134 valence electrons. The van der Waals surface area contributed by atoms with E-state index < -0.39 is 23.3 Å². The lowest BCUT2D eigenvalue weighted by Crippen LogP contribution is -2.58. The van der Waals surface area contributed by atoms with E-state index in [4.69, 9.17) is 0 Å². The highest BCUT2D eigenvalue weighted by Gasteiger charge is 2.61. The van der Waals surface area contributed by atoms with Crippen molar-refractivity contribution in [3.8, 4) is 0 Å². The highest BCUT2D eigenvalue weighted by molar-refractivity contribution is 5.84. The molecule has 3 rings (SSSR count). The fourth-order valence-electron chi connectivity index (χ4n) is 6.31. The molecule has 0 aliphatic heterocycles. The molecular formula is C19H28O5. The zero-order chi connectivity index (χ0) is 17.9. The first-order chi connectivity index (χ1) is 11.1. The Balaban J connectivity index is 1.97. The lowest BCUT2D eigenvalue weighted by molar-refractivity contribution is -0.182. The number of carboxylic acid groups (broad SMARTS) is 2. The van der Waals surface area contributed by atoms with Crippen LogP contribution in [0.2, 0.25) is 0 Å². The van der Waals surface area contributed by atoms with Gasteiger partial charge in [-0.05, 0) is 62.2 Å². The van der Waals surface area contributed by atoms with Gasteiger partial charge in [0.1, 0.15) is 5.78 Å². The van der Waals surface area contributed by atoms with Gasteiger partial charge in [0.2, 0.25) is 0 Å². The Morgan fingerprint density at radius 1 is 1.12 bits per heavy atom. The van der Waals surface area contributed by atoms with Crippen molar-refractivity contribution in [3.63, 3.8) is 0 Å². The van der Waals surface area contributed by atoms with Crippen LogP contribution in [0.25, 0.3) is 0 Å². The van der Waals surface area contributed by atoms with E-state index in [0.717, 1.165) is 25.7 Å². The van der Waals surface area contributed by atoms with Gasteiger partial charge in [-0.3, -0.25) is 14.4 Å². The summed E-state index contributed by atoms with van der Waals surface area (Å²) < 4.78 is 0. The molecular weight excluding hydrogens is 308 g/mol. The highest BCUT2D eigenvalue weighted by atomic mass is 16.4. The number of aliphatic carboxylic acids is 2. The van der Waals surface area contributed by atoms with E-state index in [-0.39, 0.29) is 23.2 Å². The van der Waals surface area contributed by atoms with E-state index in [0.29, 0.717) is 24.5 Å². The van der Waals surface area contributed by atoms with E-state index in [1.807, 2.05) is 6.92 Å². The number of hydrogen-bond acceptors (Lipinski definition) is 3. The Labute approximate surface area is 142 Å². The monoisotopic (exact) mass is 336 g/mol. The topological polar surface area (TPSA) is 91.7 Å². The zero-order valence-corrected chi connectivity index (χ0v) is 14.7. The maximum atomic E-state index is 12.1. The van der Waals surface area contributed by atoms with Gasteiger partial charge in [0, 0.05) is 12.3 Å². The lowest BCUT2D eigenvalue weighted by Gasteiger charge is -2.59. The largest absolute Gasteiger partial charge is 0.481 e. The summed E-state index contributed by atoms with van der Waals surface area (Å²) in [6, 6.07) is 0. The molecule has 0 aromatic heterocycles. The molecule has 7 unspecified atom stereocenters. The van der Waals surface area contributed by atoms with Crippen molar-refractivity contribution in [2.45, 2.75) is 59.3 Å². The fourth-order valence-corrected chi connectivity index (χ4v) is 6.31. The molecule has 0 aromatic rings. The molecule has 2 N–H and O–H groups in total. The average molecular weight is 336 g/mol.